The Morgan fingerprint density at radius 1 is 1.56 bits per heavy atom. The summed E-state index contributed by atoms with van der Waals surface area (Å²) in [6.07, 6.45) is 1.64. The maximum absolute atomic E-state index is 10.1. The van der Waals surface area contributed by atoms with Crippen molar-refractivity contribution in [3.63, 3.8) is 0 Å². The molecule has 0 aromatic carbocycles. The van der Waals surface area contributed by atoms with Crippen LogP contribution in [0.5, 0.6) is 0 Å². The van der Waals surface area contributed by atoms with Crippen molar-refractivity contribution >= 4 is 11.5 Å². The van der Waals surface area contributed by atoms with E-state index in [2.05, 4.69) is 10.3 Å². The molecule has 1 rings (SSSR count). The number of aliphatic hydroxyl groups is 1. The van der Waals surface area contributed by atoms with Crippen molar-refractivity contribution in [3.8, 4) is 0 Å². The summed E-state index contributed by atoms with van der Waals surface area (Å²) in [5, 5.41) is 13.1. The second-order valence-corrected chi connectivity index (χ2v) is 4.56. The average Bonchev–Trinajstić information content (AvgIpc) is 2.13. The number of aromatic nitrogens is 1. The van der Waals surface area contributed by atoms with Crippen molar-refractivity contribution in [2.75, 3.05) is 38.2 Å². The summed E-state index contributed by atoms with van der Waals surface area (Å²) in [7, 11) is 3.85. The van der Waals surface area contributed by atoms with Gasteiger partial charge in [-0.25, -0.2) is 4.98 Å². The predicted octanol–water partition coefficient (Wildman–Crippen LogP) is 0.388. The van der Waals surface area contributed by atoms with E-state index >= 15 is 0 Å². The van der Waals surface area contributed by atoms with Gasteiger partial charge in [-0.05, 0) is 27.1 Å². The smallest absolute Gasteiger partial charge is 0.128 e. The molecule has 1 heterocycles. The van der Waals surface area contributed by atoms with Crippen molar-refractivity contribution < 1.29 is 5.11 Å². The molecule has 0 bridgehead atoms. The molecule has 0 aliphatic rings. The molecular weight excluding hydrogens is 204 g/mol. The summed E-state index contributed by atoms with van der Waals surface area (Å²) in [6, 6.07) is 3.47. The van der Waals surface area contributed by atoms with Crippen LogP contribution in [-0.4, -0.2) is 47.8 Å². The quantitative estimate of drug-likeness (QED) is 0.674. The van der Waals surface area contributed by atoms with Gasteiger partial charge in [0.15, 0.2) is 0 Å². The van der Waals surface area contributed by atoms with Crippen molar-refractivity contribution in [3.05, 3.63) is 18.3 Å². The van der Waals surface area contributed by atoms with Gasteiger partial charge in [0, 0.05) is 31.0 Å². The molecule has 1 unspecified atom stereocenters. The van der Waals surface area contributed by atoms with Gasteiger partial charge in [-0.3, -0.25) is 0 Å². The number of nitrogen functional groups attached to an aromatic ring is 1. The van der Waals surface area contributed by atoms with Crippen LogP contribution in [0.3, 0.4) is 0 Å². The average molecular weight is 224 g/mol. The Morgan fingerprint density at radius 3 is 2.81 bits per heavy atom. The van der Waals surface area contributed by atoms with Gasteiger partial charge >= 0.3 is 0 Å². The Kier molecular flexibility index (Phi) is 4.09. The van der Waals surface area contributed by atoms with Crippen molar-refractivity contribution in [2.24, 2.45) is 0 Å². The van der Waals surface area contributed by atoms with Crippen LogP contribution in [0.2, 0.25) is 0 Å². The van der Waals surface area contributed by atoms with Crippen LogP contribution in [0, 0.1) is 0 Å². The first-order chi connectivity index (χ1) is 7.39. The summed E-state index contributed by atoms with van der Waals surface area (Å²) in [5.41, 5.74) is 5.49. The lowest BCUT2D eigenvalue weighted by Crippen LogP contribution is -2.43. The number of nitrogens with zero attached hydrogens (tertiary/aromatic N) is 2. The van der Waals surface area contributed by atoms with Crippen LogP contribution in [0.1, 0.15) is 6.92 Å². The third kappa shape index (κ3) is 4.46. The van der Waals surface area contributed by atoms with Gasteiger partial charge in [-0.15, -0.1) is 0 Å². The first kappa shape index (κ1) is 12.7. The SMILES string of the molecule is CN(C)CC(C)(O)CNc1cc(N)ccn1. The number of pyridine rings is 1. The van der Waals surface area contributed by atoms with Crippen LogP contribution in [0.25, 0.3) is 0 Å². The number of nitrogens with one attached hydrogen (secondary N) is 1. The number of rotatable bonds is 5. The summed E-state index contributed by atoms with van der Waals surface area (Å²) in [4.78, 5) is 6.04. The van der Waals surface area contributed by atoms with Crippen molar-refractivity contribution in [2.45, 2.75) is 12.5 Å². The van der Waals surface area contributed by atoms with Gasteiger partial charge in [0.25, 0.3) is 0 Å². The van der Waals surface area contributed by atoms with Crippen molar-refractivity contribution in [1.29, 1.82) is 0 Å². The first-order valence-electron chi connectivity index (χ1n) is 5.21. The first-order valence-corrected chi connectivity index (χ1v) is 5.21. The summed E-state index contributed by atoms with van der Waals surface area (Å²) in [6.45, 7) is 2.80. The van der Waals surface area contributed by atoms with Gasteiger partial charge in [0.05, 0.1) is 5.60 Å². The Morgan fingerprint density at radius 2 is 2.25 bits per heavy atom. The number of hydrogen-bond acceptors (Lipinski definition) is 5. The van der Waals surface area contributed by atoms with E-state index in [1.165, 1.54) is 0 Å². The third-order valence-corrected chi connectivity index (χ3v) is 2.09. The van der Waals surface area contributed by atoms with E-state index in [4.69, 9.17) is 5.73 Å². The molecule has 0 spiro atoms. The third-order valence-electron chi connectivity index (χ3n) is 2.09. The van der Waals surface area contributed by atoms with Gasteiger partial charge in [0.1, 0.15) is 5.82 Å². The highest BCUT2D eigenvalue weighted by Crippen LogP contribution is 2.10. The predicted molar refractivity (Wildman–Crippen MR) is 66.3 cm³/mol. The molecule has 0 aliphatic heterocycles. The summed E-state index contributed by atoms with van der Waals surface area (Å²) in [5.74, 6) is 0.680. The number of hydrogen-bond donors (Lipinski definition) is 3. The van der Waals surface area contributed by atoms with E-state index in [9.17, 15) is 5.11 Å². The molecular formula is C11H20N4O. The molecule has 0 saturated carbocycles. The normalized spacial score (nSPS) is 14.8. The van der Waals surface area contributed by atoms with Crippen LogP contribution in [0.15, 0.2) is 18.3 Å². The Bertz CT molecular complexity index is 339. The molecule has 0 aliphatic carbocycles. The minimum Gasteiger partial charge on any atom is -0.399 e. The second-order valence-electron chi connectivity index (χ2n) is 4.56. The molecule has 4 N–H and O–H groups in total. The highest BCUT2D eigenvalue weighted by atomic mass is 16.3. The van der Waals surface area contributed by atoms with Crippen LogP contribution >= 0.6 is 0 Å². The topological polar surface area (TPSA) is 74.4 Å². The Balaban J connectivity index is 2.50. The summed E-state index contributed by atoms with van der Waals surface area (Å²) >= 11 is 0. The fourth-order valence-electron chi connectivity index (χ4n) is 1.56. The van der Waals surface area contributed by atoms with E-state index in [1.54, 1.807) is 25.3 Å². The molecule has 90 valence electrons. The second kappa shape index (κ2) is 5.14. The Labute approximate surface area is 96.3 Å². The zero-order valence-electron chi connectivity index (χ0n) is 10.1. The van der Waals surface area contributed by atoms with Gasteiger partial charge in [-0.2, -0.15) is 0 Å². The largest absolute Gasteiger partial charge is 0.399 e. The van der Waals surface area contributed by atoms with Gasteiger partial charge < -0.3 is 21.1 Å². The molecule has 0 radical (unpaired) electrons. The highest BCUT2D eigenvalue weighted by molar-refractivity contribution is 5.48. The fraction of sp³-hybridized carbons (Fsp3) is 0.545. The monoisotopic (exact) mass is 224 g/mol. The number of anilines is 2. The lowest BCUT2D eigenvalue weighted by Gasteiger charge is -2.27. The Hall–Kier alpha value is -1.33. The maximum Gasteiger partial charge on any atom is 0.128 e. The molecule has 5 nitrogen and oxygen atoms in total. The van der Waals surface area contributed by atoms with Gasteiger partial charge in [0.2, 0.25) is 0 Å². The van der Waals surface area contributed by atoms with E-state index in [0.717, 1.165) is 0 Å². The minimum atomic E-state index is -0.796. The minimum absolute atomic E-state index is 0.432. The lowest BCUT2D eigenvalue weighted by molar-refractivity contribution is 0.0459. The number of nitrogens with two attached hydrogens (primary N) is 1. The highest BCUT2D eigenvalue weighted by Gasteiger charge is 2.20. The fourth-order valence-corrected chi connectivity index (χ4v) is 1.56. The van der Waals surface area contributed by atoms with E-state index in [0.29, 0.717) is 24.6 Å². The van der Waals surface area contributed by atoms with Gasteiger partial charge in [-0.1, -0.05) is 0 Å². The molecule has 1 aromatic rings. The summed E-state index contributed by atoms with van der Waals surface area (Å²) < 4.78 is 0. The molecule has 5 heteroatoms. The maximum atomic E-state index is 10.1. The molecule has 0 fully saturated rings. The lowest BCUT2D eigenvalue weighted by atomic mass is 10.1. The van der Waals surface area contributed by atoms with E-state index in [-0.39, 0.29) is 0 Å². The number of likely N-dealkylation sites (N-methyl/N-ethyl adjacent to an activating group) is 1. The van der Waals surface area contributed by atoms with E-state index < -0.39 is 5.60 Å². The van der Waals surface area contributed by atoms with Crippen molar-refractivity contribution in [1.82, 2.24) is 9.88 Å². The van der Waals surface area contributed by atoms with Crippen LogP contribution < -0.4 is 11.1 Å². The van der Waals surface area contributed by atoms with E-state index in [1.807, 2.05) is 19.0 Å². The molecule has 1 aromatic heterocycles. The molecule has 0 amide bonds. The zero-order chi connectivity index (χ0) is 12.2. The zero-order valence-corrected chi connectivity index (χ0v) is 10.1. The molecule has 0 saturated heterocycles. The van der Waals surface area contributed by atoms with Crippen LogP contribution in [0.4, 0.5) is 11.5 Å². The molecule has 16 heavy (non-hydrogen) atoms. The van der Waals surface area contributed by atoms with Crippen LogP contribution in [-0.2, 0) is 0 Å². The standard InChI is InChI=1S/C11H20N4O/c1-11(16,8-15(2)3)7-14-10-6-9(12)4-5-13-10/h4-6,16H,7-8H2,1-3H3,(H3,12,13,14). The molecule has 1 atom stereocenters.